The van der Waals surface area contributed by atoms with Crippen LogP contribution in [0.4, 0.5) is 0 Å². The molecule has 5 N–H and O–H groups in total. The van der Waals surface area contributed by atoms with Gasteiger partial charge < -0.3 is 21.1 Å². The molecule has 0 saturated heterocycles. The average Bonchev–Trinajstić information content (AvgIpc) is 2.59. The van der Waals surface area contributed by atoms with E-state index in [1.54, 1.807) is 0 Å². The van der Waals surface area contributed by atoms with Crippen molar-refractivity contribution >= 4 is 0 Å². The van der Waals surface area contributed by atoms with E-state index in [-0.39, 0.29) is 18.6 Å². The fourth-order valence-corrected chi connectivity index (χ4v) is 6.21. The second-order valence-corrected chi connectivity index (χ2v) is 9.23. The van der Waals surface area contributed by atoms with Crippen LogP contribution in [0.5, 0.6) is 5.75 Å². The molecule has 0 radical (unpaired) electrons. The molecule has 0 amide bonds. The Bertz CT molecular complexity index is 603. The standard InChI is InChI=1S/C21H31NO3/c22-21(12-23,13-24)4-3-14-1-2-19(25)18(8-14)20-9-15-5-16(10-20)7-17(6-15)11-20/h1-2,8,15-17,23-25H,3-7,9-13,22H2. The first-order valence-corrected chi connectivity index (χ1v) is 9.78. The van der Waals surface area contributed by atoms with Crippen molar-refractivity contribution < 1.29 is 15.3 Å². The highest BCUT2D eigenvalue weighted by atomic mass is 16.3. The van der Waals surface area contributed by atoms with Gasteiger partial charge in [0.2, 0.25) is 0 Å². The van der Waals surface area contributed by atoms with Crippen molar-refractivity contribution in [3.8, 4) is 5.75 Å². The molecule has 0 atom stereocenters. The van der Waals surface area contributed by atoms with Crippen LogP contribution in [0.25, 0.3) is 0 Å². The van der Waals surface area contributed by atoms with Crippen molar-refractivity contribution in [2.24, 2.45) is 23.5 Å². The molecule has 25 heavy (non-hydrogen) atoms. The van der Waals surface area contributed by atoms with E-state index in [9.17, 15) is 15.3 Å². The van der Waals surface area contributed by atoms with Crippen molar-refractivity contribution in [1.29, 1.82) is 0 Å². The van der Waals surface area contributed by atoms with E-state index in [0.29, 0.717) is 18.6 Å². The van der Waals surface area contributed by atoms with Crippen LogP contribution in [0.2, 0.25) is 0 Å². The molecule has 1 aromatic rings. The van der Waals surface area contributed by atoms with E-state index in [0.717, 1.165) is 28.9 Å². The number of aromatic hydroxyl groups is 1. The van der Waals surface area contributed by atoms with Gasteiger partial charge in [-0.15, -0.1) is 0 Å². The van der Waals surface area contributed by atoms with Gasteiger partial charge in [-0.3, -0.25) is 0 Å². The highest BCUT2D eigenvalue weighted by Gasteiger charge is 2.52. The Hall–Kier alpha value is -1.10. The largest absolute Gasteiger partial charge is 0.508 e. The number of aliphatic hydroxyl groups is 2. The lowest BCUT2D eigenvalue weighted by atomic mass is 9.48. The van der Waals surface area contributed by atoms with E-state index >= 15 is 0 Å². The number of hydrogen-bond acceptors (Lipinski definition) is 4. The zero-order chi connectivity index (χ0) is 17.7. The molecule has 0 spiro atoms. The summed E-state index contributed by atoms with van der Waals surface area (Å²) in [5, 5.41) is 29.4. The average molecular weight is 345 g/mol. The molecule has 4 bridgehead atoms. The monoisotopic (exact) mass is 345 g/mol. The van der Waals surface area contributed by atoms with Crippen LogP contribution >= 0.6 is 0 Å². The molecule has 4 heteroatoms. The molecule has 4 aliphatic rings. The third kappa shape index (κ3) is 3.09. The number of aryl methyl sites for hydroxylation is 1. The van der Waals surface area contributed by atoms with E-state index in [1.165, 1.54) is 38.5 Å². The summed E-state index contributed by atoms with van der Waals surface area (Å²) in [5.74, 6) is 2.97. The van der Waals surface area contributed by atoms with Gasteiger partial charge in [0.15, 0.2) is 0 Å². The van der Waals surface area contributed by atoms with E-state index < -0.39 is 5.54 Å². The van der Waals surface area contributed by atoms with Crippen LogP contribution in [0, 0.1) is 17.8 Å². The minimum absolute atomic E-state index is 0.169. The van der Waals surface area contributed by atoms with Gasteiger partial charge >= 0.3 is 0 Å². The number of phenolic OH excluding ortho intramolecular Hbond substituents is 1. The molecule has 0 heterocycles. The third-order valence-corrected chi connectivity index (χ3v) is 7.21. The quantitative estimate of drug-likeness (QED) is 0.638. The predicted molar refractivity (Wildman–Crippen MR) is 97.4 cm³/mol. The Balaban J connectivity index is 1.58. The van der Waals surface area contributed by atoms with Gasteiger partial charge in [0.1, 0.15) is 5.75 Å². The lowest BCUT2D eigenvalue weighted by Crippen LogP contribution is -2.48. The minimum atomic E-state index is -0.932. The molecule has 4 nitrogen and oxygen atoms in total. The number of aliphatic hydroxyl groups excluding tert-OH is 2. The second kappa shape index (κ2) is 6.26. The maximum Gasteiger partial charge on any atom is 0.119 e. The number of nitrogens with two attached hydrogens (primary N) is 1. The van der Waals surface area contributed by atoms with Crippen LogP contribution in [0.1, 0.15) is 56.1 Å². The normalized spacial score (nSPS) is 33.8. The van der Waals surface area contributed by atoms with Crippen LogP contribution in [0.15, 0.2) is 18.2 Å². The minimum Gasteiger partial charge on any atom is -0.508 e. The summed E-state index contributed by atoms with van der Waals surface area (Å²) in [6.45, 7) is -0.438. The van der Waals surface area contributed by atoms with Gasteiger partial charge in [-0.2, -0.15) is 0 Å². The molecule has 0 aromatic heterocycles. The second-order valence-electron chi connectivity index (χ2n) is 9.23. The van der Waals surface area contributed by atoms with E-state index in [4.69, 9.17) is 5.73 Å². The van der Waals surface area contributed by atoms with Gasteiger partial charge in [-0.25, -0.2) is 0 Å². The number of benzene rings is 1. The first-order chi connectivity index (χ1) is 12.0. The molecule has 4 saturated carbocycles. The zero-order valence-electron chi connectivity index (χ0n) is 15.0. The molecule has 1 aromatic carbocycles. The summed E-state index contributed by atoms with van der Waals surface area (Å²) in [5.41, 5.74) is 7.52. The Kier molecular flexibility index (Phi) is 4.33. The SMILES string of the molecule is NC(CO)(CO)CCc1ccc(O)c(C23CC4CC(CC(C4)C2)C3)c1. The van der Waals surface area contributed by atoms with Crippen LogP contribution in [-0.4, -0.2) is 34.1 Å². The molecule has 5 rings (SSSR count). The lowest BCUT2D eigenvalue weighted by Gasteiger charge is -2.57. The maximum atomic E-state index is 10.6. The highest BCUT2D eigenvalue weighted by molar-refractivity contribution is 5.43. The van der Waals surface area contributed by atoms with Crippen molar-refractivity contribution in [3.05, 3.63) is 29.3 Å². The Morgan fingerprint density at radius 2 is 1.56 bits per heavy atom. The molecule has 4 aliphatic carbocycles. The van der Waals surface area contributed by atoms with Crippen LogP contribution < -0.4 is 5.73 Å². The Labute approximate surface area is 150 Å². The number of hydrogen-bond donors (Lipinski definition) is 4. The van der Waals surface area contributed by atoms with Crippen molar-refractivity contribution in [1.82, 2.24) is 0 Å². The smallest absolute Gasteiger partial charge is 0.119 e. The van der Waals surface area contributed by atoms with E-state index in [1.807, 2.05) is 12.1 Å². The fraction of sp³-hybridized carbons (Fsp3) is 0.714. The molecule has 0 aliphatic heterocycles. The van der Waals surface area contributed by atoms with Crippen molar-refractivity contribution in [2.45, 2.75) is 62.3 Å². The van der Waals surface area contributed by atoms with E-state index in [2.05, 4.69) is 6.07 Å². The highest BCUT2D eigenvalue weighted by Crippen LogP contribution is 2.61. The Morgan fingerprint density at radius 1 is 1.00 bits per heavy atom. The Morgan fingerprint density at radius 3 is 2.08 bits per heavy atom. The molecule has 138 valence electrons. The third-order valence-electron chi connectivity index (χ3n) is 7.21. The fourth-order valence-electron chi connectivity index (χ4n) is 6.21. The van der Waals surface area contributed by atoms with Gasteiger partial charge in [-0.05, 0) is 86.2 Å². The number of rotatable bonds is 6. The van der Waals surface area contributed by atoms with Gasteiger partial charge in [0.25, 0.3) is 0 Å². The van der Waals surface area contributed by atoms with Crippen LogP contribution in [-0.2, 0) is 11.8 Å². The summed E-state index contributed by atoms with van der Waals surface area (Å²) in [7, 11) is 0. The first-order valence-electron chi connectivity index (χ1n) is 9.78. The maximum absolute atomic E-state index is 10.6. The summed E-state index contributed by atoms with van der Waals surface area (Å²) >= 11 is 0. The predicted octanol–water partition coefficient (Wildman–Crippen LogP) is 2.47. The first kappa shape index (κ1) is 17.3. The zero-order valence-corrected chi connectivity index (χ0v) is 15.0. The van der Waals surface area contributed by atoms with Gasteiger partial charge in [0, 0.05) is 5.56 Å². The van der Waals surface area contributed by atoms with Crippen LogP contribution in [0.3, 0.4) is 0 Å². The lowest BCUT2D eigenvalue weighted by molar-refractivity contribution is -0.00617. The summed E-state index contributed by atoms with van der Waals surface area (Å²) in [6, 6.07) is 5.96. The van der Waals surface area contributed by atoms with Crippen molar-refractivity contribution in [3.63, 3.8) is 0 Å². The summed E-state index contributed by atoms with van der Waals surface area (Å²) in [4.78, 5) is 0. The van der Waals surface area contributed by atoms with Gasteiger partial charge in [-0.1, -0.05) is 12.1 Å². The van der Waals surface area contributed by atoms with Gasteiger partial charge in [0.05, 0.1) is 18.8 Å². The number of phenols is 1. The molecular weight excluding hydrogens is 314 g/mol. The molecule has 4 fully saturated rings. The molecule has 0 unspecified atom stereocenters. The molecular formula is C21H31NO3. The van der Waals surface area contributed by atoms with Crippen molar-refractivity contribution in [2.75, 3.05) is 13.2 Å². The summed E-state index contributed by atoms with van der Waals surface area (Å²) in [6.07, 6.45) is 9.09. The summed E-state index contributed by atoms with van der Waals surface area (Å²) < 4.78 is 0. The topological polar surface area (TPSA) is 86.7 Å².